The minimum absolute atomic E-state index is 0.340. The number of hydrogen-bond acceptors (Lipinski definition) is 3. The Kier molecular flexibility index (Phi) is 9.11. The maximum atomic E-state index is 9.76. The standard InChI is InChI=1S/C16H27NO2/c1-2-3-4-5-9-12-17-13-15(18)14-19-16-10-7-6-8-11-16/h6-8,10-11,15,17-18H,2-5,9,12-14H2,1H3. The average Bonchev–Trinajstić information content (AvgIpc) is 2.45. The fourth-order valence-corrected chi connectivity index (χ4v) is 1.89. The van der Waals surface area contributed by atoms with Gasteiger partial charge in [0.05, 0.1) is 0 Å². The lowest BCUT2D eigenvalue weighted by molar-refractivity contribution is 0.106. The van der Waals surface area contributed by atoms with Crippen LogP contribution in [0.5, 0.6) is 5.75 Å². The molecule has 0 saturated carbocycles. The van der Waals surface area contributed by atoms with Gasteiger partial charge in [-0.05, 0) is 25.1 Å². The molecule has 0 aliphatic carbocycles. The van der Waals surface area contributed by atoms with Crippen LogP contribution >= 0.6 is 0 Å². The Labute approximate surface area is 117 Å². The molecule has 0 spiro atoms. The number of nitrogens with one attached hydrogen (secondary N) is 1. The lowest BCUT2D eigenvalue weighted by Gasteiger charge is -2.13. The van der Waals surface area contributed by atoms with E-state index in [1.807, 2.05) is 30.3 Å². The van der Waals surface area contributed by atoms with Crippen molar-refractivity contribution in [1.29, 1.82) is 0 Å². The Bertz CT molecular complexity index is 303. The molecule has 1 atom stereocenters. The average molecular weight is 265 g/mol. The highest BCUT2D eigenvalue weighted by atomic mass is 16.5. The molecular weight excluding hydrogens is 238 g/mol. The smallest absolute Gasteiger partial charge is 0.119 e. The molecule has 0 heterocycles. The minimum Gasteiger partial charge on any atom is -0.491 e. The topological polar surface area (TPSA) is 41.5 Å². The highest BCUT2D eigenvalue weighted by Crippen LogP contribution is 2.08. The Morgan fingerprint density at radius 1 is 1.11 bits per heavy atom. The van der Waals surface area contributed by atoms with Crippen molar-refractivity contribution < 1.29 is 9.84 Å². The summed E-state index contributed by atoms with van der Waals surface area (Å²) in [6, 6.07) is 9.59. The molecule has 0 radical (unpaired) electrons. The van der Waals surface area contributed by atoms with Crippen LogP contribution in [0.25, 0.3) is 0 Å². The monoisotopic (exact) mass is 265 g/mol. The third-order valence-electron chi connectivity index (χ3n) is 3.02. The van der Waals surface area contributed by atoms with E-state index in [1.165, 1.54) is 32.1 Å². The molecule has 0 saturated heterocycles. The normalized spacial score (nSPS) is 12.3. The number of benzene rings is 1. The van der Waals surface area contributed by atoms with Gasteiger partial charge >= 0.3 is 0 Å². The van der Waals surface area contributed by atoms with E-state index in [9.17, 15) is 5.11 Å². The molecule has 19 heavy (non-hydrogen) atoms. The third kappa shape index (κ3) is 8.62. The summed E-state index contributed by atoms with van der Waals surface area (Å²) in [6.07, 6.45) is 5.94. The van der Waals surface area contributed by atoms with Crippen molar-refractivity contribution in [1.82, 2.24) is 5.32 Å². The number of para-hydroxylation sites is 1. The molecule has 1 rings (SSSR count). The van der Waals surface area contributed by atoms with Gasteiger partial charge in [-0.25, -0.2) is 0 Å². The van der Waals surface area contributed by atoms with Crippen LogP contribution in [0, 0.1) is 0 Å². The van der Waals surface area contributed by atoms with Crippen LogP contribution in [0.1, 0.15) is 39.0 Å². The third-order valence-corrected chi connectivity index (χ3v) is 3.02. The summed E-state index contributed by atoms with van der Waals surface area (Å²) in [5.41, 5.74) is 0. The predicted molar refractivity (Wildman–Crippen MR) is 79.6 cm³/mol. The molecule has 2 N–H and O–H groups in total. The van der Waals surface area contributed by atoms with E-state index in [-0.39, 0.29) is 0 Å². The van der Waals surface area contributed by atoms with Crippen LogP contribution in [-0.4, -0.2) is 30.9 Å². The Morgan fingerprint density at radius 3 is 2.58 bits per heavy atom. The van der Waals surface area contributed by atoms with Crippen LogP contribution in [0.15, 0.2) is 30.3 Å². The molecule has 1 unspecified atom stereocenters. The zero-order valence-corrected chi connectivity index (χ0v) is 12.0. The van der Waals surface area contributed by atoms with E-state index in [0.29, 0.717) is 13.2 Å². The second-order valence-corrected chi connectivity index (χ2v) is 4.90. The number of hydrogen-bond donors (Lipinski definition) is 2. The van der Waals surface area contributed by atoms with Gasteiger partial charge in [0.1, 0.15) is 18.5 Å². The van der Waals surface area contributed by atoms with Crippen molar-refractivity contribution >= 4 is 0 Å². The molecule has 1 aromatic carbocycles. The molecule has 3 heteroatoms. The van der Waals surface area contributed by atoms with E-state index in [4.69, 9.17) is 4.74 Å². The van der Waals surface area contributed by atoms with Crippen LogP contribution in [0.4, 0.5) is 0 Å². The molecule has 1 aromatic rings. The second kappa shape index (κ2) is 10.8. The molecule has 0 aliphatic rings. The van der Waals surface area contributed by atoms with Gasteiger partial charge in [0.2, 0.25) is 0 Å². The summed E-state index contributed by atoms with van der Waals surface area (Å²) < 4.78 is 5.49. The van der Waals surface area contributed by atoms with Gasteiger partial charge in [-0.2, -0.15) is 0 Å². The molecule has 0 amide bonds. The van der Waals surface area contributed by atoms with Gasteiger partial charge in [0, 0.05) is 6.54 Å². The van der Waals surface area contributed by atoms with Crippen molar-refractivity contribution in [3.05, 3.63) is 30.3 Å². The predicted octanol–water partition coefficient (Wildman–Crippen LogP) is 2.99. The Hall–Kier alpha value is -1.06. The SMILES string of the molecule is CCCCCCCNCC(O)COc1ccccc1. The van der Waals surface area contributed by atoms with E-state index in [1.54, 1.807) is 0 Å². The number of aliphatic hydroxyl groups excluding tert-OH is 1. The number of aliphatic hydroxyl groups is 1. The van der Waals surface area contributed by atoms with E-state index >= 15 is 0 Å². The van der Waals surface area contributed by atoms with E-state index in [0.717, 1.165) is 12.3 Å². The van der Waals surface area contributed by atoms with Crippen LogP contribution in [0.2, 0.25) is 0 Å². The minimum atomic E-state index is -0.448. The first-order valence-electron chi connectivity index (χ1n) is 7.39. The molecule has 0 aromatic heterocycles. The van der Waals surface area contributed by atoms with Gasteiger partial charge in [-0.15, -0.1) is 0 Å². The van der Waals surface area contributed by atoms with E-state index in [2.05, 4.69) is 12.2 Å². The van der Waals surface area contributed by atoms with Crippen LogP contribution in [-0.2, 0) is 0 Å². The fraction of sp³-hybridized carbons (Fsp3) is 0.625. The van der Waals surface area contributed by atoms with Gasteiger partial charge in [-0.1, -0.05) is 50.8 Å². The number of unbranched alkanes of at least 4 members (excludes halogenated alkanes) is 4. The summed E-state index contributed by atoms with van der Waals surface area (Å²) >= 11 is 0. The highest BCUT2D eigenvalue weighted by molar-refractivity contribution is 5.20. The molecule has 0 fully saturated rings. The molecule has 0 aliphatic heterocycles. The van der Waals surface area contributed by atoms with Crippen LogP contribution < -0.4 is 10.1 Å². The van der Waals surface area contributed by atoms with Gasteiger partial charge < -0.3 is 15.2 Å². The summed E-state index contributed by atoms with van der Waals surface area (Å²) in [5, 5.41) is 13.0. The Balaban J connectivity index is 1.95. The zero-order chi connectivity index (χ0) is 13.8. The fourth-order valence-electron chi connectivity index (χ4n) is 1.89. The summed E-state index contributed by atoms with van der Waals surface area (Å²) in [6.45, 7) is 4.14. The molecule has 3 nitrogen and oxygen atoms in total. The number of ether oxygens (including phenoxy) is 1. The zero-order valence-electron chi connectivity index (χ0n) is 12.0. The second-order valence-electron chi connectivity index (χ2n) is 4.90. The van der Waals surface area contributed by atoms with Crippen molar-refractivity contribution in [2.45, 2.75) is 45.1 Å². The van der Waals surface area contributed by atoms with Gasteiger partial charge in [0.25, 0.3) is 0 Å². The van der Waals surface area contributed by atoms with Crippen molar-refractivity contribution in [2.75, 3.05) is 19.7 Å². The van der Waals surface area contributed by atoms with Crippen molar-refractivity contribution in [3.8, 4) is 5.75 Å². The van der Waals surface area contributed by atoms with E-state index < -0.39 is 6.10 Å². The first-order chi connectivity index (χ1) is 9.33. The van der Waals surface area contributed by atoms with Gasteiger partial charge in [-0.3, -0.25) is 0 Å². The van der Waals surface area contributed by atoms with Gasteiger partial charge in [0.15, 0.2) is 0 Å². The largest absolute Gasteiger partial charge is 0.491 e. The summed E-state index contributed by atoms with van der Waals surface area (Å²) in [5.74, 6) is 0.807. The van der Waals surface area contributed by atoms with Crippen molar-refractivity contribution in [3.63, 3.8) is 0 Å². The lowest BCUT2D eigenvalue weighted by atomic mass is 10.1. The Morgan fingerprint density at radius 2 is 1.84 bits per heavy atom. The summed E-state index contributed by atoms with van der Waals surface area (Å²) in [4.78, 5) is 0. The maximum Gasteiger partial charge on any atom is 0.119 e. The highest BCUT2D eigenvalue weighted by Gasteiger charge is 2.04. The molecular formula is C16H27NO2. The summed E-state index contributed by atoms with van der Waals surface area (Å²) in [7, 11) is 0. The maximum absolute atomic E-state index is 9.76. The first kappa shape index (κ1) is 16.0. The quantitative estimate of drug-likeness (QED) is 0.604. The first-order valence-corrected chi connectivity index (χ1v) is 7.39. The number of rotatable bonds is 11. The lowest BCUT2D eigenvalue weighted by Crippen LogP contribution is -2.32. The van der Waals surface area contributed by atoms with Crippen molar-refractivity contribution in [2.24, 2.45) is 0 Å². The molecule has 108 valence electrons. The molecule has 0 bridgehead atoms. The van der Waals surface area contributed by atoms with Crippen LogP contribution in [0.3, 0.4) is 0 Å².